The van der Waals surface area contributed by atoms with Crippen LogP contribution in [-0.2, 0) is 9.73 Å². The van der Waals surface area contributed by atoms with Crippen LogP contribution in [0.25, 0.3) is 0 Å². The second-order valence-corrected chi connectivity index (χ2v) is 6.11. The number of nitrogens with zero attached hydrogens (tertiary/aromatic N) is 3. The Morgan fingerprint density at radius 2 is 2.00 bits per heavy atom. The molecule has 0 N–H and O–H groups in total. The first kappa shape index (κ1) is 9.86. The van der Waals surface area contributed by atoms with Gasteiger partial charge in [-0.25, -0.2) is 14.2 Å². The predicted octanol–water partition coefficient (Wildman–Crippen LogP) is 2.02. The van der Waals surface area contributed by atoms with Crippen LogP contribution in [0.1, 0.15) is 12.8 Å². The van der Waals surface area contributed by atoms with Gasteiger partial charge < -0.3 is 0 Å². The zero-order chi connectivity index (χ0) is 10.0. The molecule has 4 nitrogen and oxygen atoms in total. The molecule has 0 radical (unpaired) electrons. The highest BCUT2D eigenvalue weighted by molar-refractivity contribution is 7.93. The maximum absolute atomic E-state index is 12.0. The first-order valence-corrected chi connectivity index (χ1v) is 6.61. The first-order valence-electron chi connectivity index (χ1n) is 4.38. The van der Waals surface area contributed by atoms with Gasteiger partial charge >= 0.3 is 0 Å². The molecule has 1 aliphatic rings. The fourth-order valence-corrected chi connectivity index (χ4v) is 3.60. The topological polar surface area (TPSA) is 55.2 Å². The van der Waals surface area contributed by atoms with Gasteiger partial charge in [-0.15, -0.1) is 0 Å². The van der Waals surface area contributed by atoms with E-state index in [1.165, 1.54) is 12.4 Å². The first-order chi connectivity index (χ1) is 6.68. The summed E-state index contributed by atoms with van der Waals surface area (Å²) in [6.45, 7) is 0. The highest BCUT2D eigenvalue weighted by Crippen LogP contribution is 2.18. The van der Waals surface area contributed by atoms with Crippen LogP contribution in [0.4, 0.5) is 5.82 Å². The second kappa shape index (κ2) is 3.82. The van der Waals surface area contributed by atoms with E-state index >= 15 is 0 Å². The molecule has 1 saturated heterocycles. The largest absolute Gasteiger partial charge is 0.249 e. The van der Waals surface area contributed by atoms with Crippen LogP contribution < -0.4 is 0 Å². The fourth-order valence-electron chi connectivity index (χ4n) is 1.37. The van der Waals surface area contributed by atoms with E-state index in [9.17, 15) is 4.21 Å². The van der Waals surface area contributed by atoms with Crippen LogP contribution in [0.15, 0.2) is 16.8 Å². The molecule has 0 aliphatic carbocycles. The van der Waals surface area contributed by atoms with Crippen LogP contribution in [0.5, 0.6) is 0 Å². The normalized spacial score (nSPS) is 19.5. The van der Waals surface area contributed by atoms with Crippen molar-refractivity contribution in [1.29, 1.82) is 0 Å². The van der Waals surface area contributed by atoms with Crippen molar-refractivity contribution in [2.75, 3.05) is 11.5 Å². The van der Waals surface area contributed by atoms with Gasteiger partial charge in [0.1, 0.15) is 5.15 Å². The van der Waals surface area contributed by atoms with Crippen LogP contribution in [-0.4, -0.2) is 25.7 Å². The van der Waals surface area contributed by atoms with E-state index in [0.717, 1.165) is 12.8 Å². The molecule has 2 heterocycles. The monoisotopic (exact) mass is 231 g/mol. The van der Waals surface area contributed by atoms with Gasteiger partial charge in [-0.2, -0.15) is 4.36 Å². The van der Waals surface area contributed by atoms with E-state index in [2.05, 4.69) is 14.3 Å². The van der Waals surface area contributed by atoms with E-state index in [-0.39, 0.29) is 0 Å². The lowest BCUT2D eigenvalue weighted by Crippen LogP contribution is -1.99. The molecule has 0 atom stereocenters. The van der Waals surface area contributed by atoms with Gasteiger partial charge in [0.2, 0.25) is 0 Å². The summed E-state index contributed by atoms with van der Waals surface area (Å²) >= 11 is 5.58. The van der Waals surface area contributed by atoms with Crippen molar-refractivity contribution in [3.63, 3.8) is 0 Å². The number of hydrogen-bond donors (Lipinski definition) is 0. The standard InChI is InChI=1S/C8H10ClN3OS/c9-7-5-11-8(6-10-7)12-14(13)3-1-2-4-14/h5-6H,1-4H2. The third-order valence-electron chi connectivity index (χ3n) is 2.04. The molecule has 0 unspecified atom stereocenters. The van der Waals surface area contributed by atoms with E-state index in [0.29, 0.717) is 22.5 Å². The lowest BCUT2D eigenvalue weighted by molar-refractivity contribution is 0.681. The summed E-state index contributed by atoms with van der Waals surface area (Å²) in [5.74, 6) is 1.77. The SMILES string of the molecule is O=S1(=Nc2cnc(Cl)cn2)CCCC1. The zero-order valence-electron chi connectivity index (χ0n) is 7.52. The molecular weight excluding hydrogens is 222 g/mol. The van der Waals surface area contributed by atoms with Gasteiger partial charge in [0.15, 0.2) is 5.82 Å². The Hall–Kier alpha value is -0.680. The minimum atomic E-state index is -2.04. The number of aromatic nitrogens is 2. The van der Waals surface area contributed by atoms with Crippen molar-refractivity contribution in [1.82, 2.24) is 9.97 Å². The van der Waals surface area contributed by atoms with Crippen LogP contribution >= 0.6 is 11.6 Å². The Labute approximate surface area is 87.9 Å². The molecule has 0 saturated carbocycles. The lowest BCUT2D eigenvalue weighted by atomic mass is 10.4. The molecule has 1 aromatic rings. The third-order valence-corrected chi connectivity index (χ3v) is 4.61. The molecule has 76 valence electrons. The van der Waals surface area contributed by atoms with Crippen LogP contribution in [0.3, 0.4) is 0 Å². The molecule has 2 rings (SSSR count). The minimum Gasteiger partial charge on any atom is -0.249 e. The highest BCUT2D eigenvalue weighted by atomic mass is 35.5. The molecule has 0 spiro atoms. The summed E-state index contributed by atoms with van der Waals surface area (Å²) in [6.07, 6.45) is 4.85. The summed E-state index contributed by atoms with van der Waals surface area (Å²) in [4.78, 5) is 7.78. The molecule has 1 aliphatic heterocycles. The Bertz CT molecular complexity index is 424. The quantitative estimate of drug-likeness (QED) is 0.743. The average molecular weight is 232 g/mol. The van der Waals surface area contributed by atoms with Crippen molar-refractivity contribution < 1.29 is 4.21 Å². The van der Waals surface area contributed by atoms with E-state index in [1.807, 2.05) is 0 Å². The summed E-state index contributed by atoms with van der Waals surface area (Å²) in [5.41, 5.74) is 0. The Morgan fingerprint density at radius 3 is 2.57 bits per heavy atom. The number of hydrogen-bond acceptors (Lipinski definition) is 4. The average Bonchev–Trinajstić information content (AvgIpc) is 2.57. The van der Waals surface area contributed by atoms with Gasteiger partial charge in [0.25, 0.3) is 0 Å². The Morgan fingerprint density at radius 1 is 1.29 bits per heavy atom. The highest BCUT2D eigenvalue weighted by Gasteiger charge is 2.16. The number of halogens is 1. The lowest BCUT2D eigenvalue weighted by Gasteiger charge is -1.98. The van der Waals surface area contributed by atoms with Crippen molar-refractivity contribution in [3.8, 4) is 0 Å². The molecule has 1 aromatic heterocycles. The Kier molecular flexibility index (Phi) is 2.69. The summed E-state index contributed by atoms with van der Waals surface area (Å²) < 4.78 is 16.1. The third kappa shape index (κ3) is 2.22. The number of rotatable bonds is 1. The van der Waals surface area contributed by atoms with E-state index in [1.54, 1.807) is 0 Å². The fraction of sp³-hybridized carbons (Fsp3) is 0.500. The zero-order valence-corrected chi connectivity index (χ0v) is 9.09. The molecule has 1 fully saturated rings. The van der Waals surface area contributed by atoms with Gasteiger partial charge in [-0.05, 0) is 12.8 Å². The molecule has 6 heteroatoms. The van der Waals surface area contributed by atoms with Gasteiger partial charge in [-0.3, -0.25) is 0 Å². The molecule has 0 aromatic carbocycles. The van der Waals surface area contributed by atoms with Gasteiger partial charge in [0, 0.05) is 11.5 Å². The van der Waals surface area contributed by atoms with Gasteiger partial charge in [0.05, 0.1) is 22.1 Å². The summed E-state index contributed by atoms with van der Waals surface area (Å²) in [6, 6.07) is 0. The molecule has 14 heavy (non-hydrogen) atoms. The maximum atomic E-state index is 12.0. The van der Waals surface area contributed by atoms with E-state index < -0.39 is 9.73 Å². The summed E-state index contributed by atoms with van der Waals surface area (Å²) in [7, 11) is -2.04. The van der Waals surface area contributed by atoms with Crippen molar-refractivity contribution in [2.24, 2.45) is 4.36 Å². The smallest absolute Gasteiger partial charge is 0.180 e. The van der Waals surface area contributed by atoms with Crippen molar-refractivity contribution in [2.45, 2.75) is 12.8 Å². The van der Waals surface area contributed by atoms with Crippen LogP contribution in [0.2, 0.25) is 5.15 Å². The van der Waals surface area contributed by atoms with Crippen LogP contribution in [0, 0.1) is 0 Å². The Balaban J connectivity index is 2.33. The van der Waals surface area contributed by atoms with Crippen molar-refractivity contribution >= 4 is 27.1 Å². The maximum Gasteiger partial charge on any atom is 0.180 e. The van der Waals surface area contributed by atoms with E-state index in [4.69, 9.17) is 11.6 Å². The molecular formula is C8H10ClN3OS. The predicted molar refractivity (Wildman–Crippen MR) is 56.2 cm³/mol. The second-order valence-electron chi connectivity index (χ2n) is 3.18. The van der Waals surface area contributed by atoms with Crippen molar-refractivity contribution in [3.05, 3.63) is 17.5 Å². The molecule has 0 amide bonds. The van der Waals surface area contributed by atoms with Gasteiger partial charge in [-0.1, -0.05) is 11.6 Å². The summed E-state index contributed by atoms with van der Waals surface area (Å²) in [5, 5.41) is 0.324. The molecule has 0 bridgehead atoms. The minimum absolute atomic E-state index is 0.324.